The Morgan fingerprint density at radius 1 is 1.22 bits per heavy atom. The van der Waals surface area contributed by atoms with Crippen LogP contribution in [0.4, 0.5) is 4.39 Å². The van der Waals surface area contributed by atoms with Crippen LogP contribution >= 0.6 is 15.9 Å². The first-order chi connectivity index (χ1) is 15.5. The molecule has 8 heteroatoms. The Hall–Kier alpha value is -2.97. The number of carbonyl (C=O) groups is 1. The molecule has 0 aliphatic heterocycles. The summed E-state index contributed by atoms with van der Waals surface area (Å²) in [5.41, 5.74) is 2.24. The highest BCUT2D eigenvalue weighted by molar-refractivity contribution is 9.10. The number of aliphatic hydroxyl groups excluding tert-OH is 1. The van der Waals surface area contributed by atoms with E-state index in [1.165, 1.54) is 19.4 Å². The normalized spacial score (nSPS) is 11.1. The summed E-state index contributed by atoms with van der Waals surface area (Å²) >= 11 is 3.22. The van der Waals surface area contributed by atoms with Crippen LogP contribution in [0.25, 0.3) is 12.2 Å². The van der Waals surface area contributed by atoms with Gasteiger partial charge in [-0.2, -0.15) is 0 Å². The Bertz CT molecular complexity index is 1100. The Labute approximate surface area is 193 Å². The summed E-state index contributed by atoms with van der Waals surface area (Å²) in [5.74, 6) is 0.0178. The van der Waals surface area contributed by atoms with E-state index < -0.39 is 5.97 Å². The van der Waals surface area contributed by atoms with E-state index in [4.69, 9.17) is 19.0 Å². The molecule has 0 spiro atoms. The van der Waals surface area contributed by atoms with Gasteiger partial charge in [0.15, 0.2) is 0 Å². The first-order valence-corrected chi connectivity index (χ1v) is 10.8. The van der Waals surface area contributed by atoms with Crippen LogP contribution in [-0.4, -0.2) is 29.8 Å². The van der Waals surface area contributed by atoms with Gasteiger partial charge in [-0.25, -0.2) is 14.2 Å². The van der Waals surface area contributed by atoms with Gasteiger partial charge in [0.1, 0.15) is 30.1 Å². The van der Waals surface area contributed by atoms with Crippen LogP contribution in [0.3, 0.4) is 0 Å². The maximum absolute atomic E-state index is 13.9. The second-order valence-electron chi connectivity index (χ2n) is 6.96. The number of hydrogen-bond acceptors (Lipinski definition) is 6. The Morgan fingerprint density at radius 3 is 2.81 bits per heavy atom. The monoisotopic (exact) mass is 503 g/mol. The minimum atomic E-state index is -0.441. The van der Waals surface area contributed by atoms with Gasteiger partial charge in [-0.3, -0.25) is 0 Å². The summed E-state index contributed by atoms with van der Waals surface area (Å²) in [6, 6.07) is 10.0. The number of aromatic nitrogens is 1. The average Bonchev–Trinajstić information content (AvgIpc) is 3.25. The van der Waals surface area contributed by atoms with Crippen LogP contribution in [-0.2, 0) is 17.8 Å². The summed E-state index contributed by atoms with van der Waals surface area (Å²) in [5, 5.41) is 8.96. The zero-order valence-corrected chi connectivity index (χ0v) is 19.1. The molecule has 0 unspecified atom stereocenters. The molecule has 0 aliphatic carbocycles. The zero-order valence-electron chi connectivity index (χ0n) is 17.5. The van der Waals surface area contributed by atoms with Crippen LogP contribution < -0.4 is 4.74 Å². The third-order valence-corrected chi connectivity index (χ3v) is 5.16. The molecule has 0 amide bonds. The summed E-state index contributed by atoms with van der Waals surface area (Å²) in [6.45, 7) is 0.246. The molecule has 0 atom stereocenters. The lowest BCUT2D eigenvalue weighted by molar-refractivity contribution is 0.0599. The predicted octanol–water partition coefficient (Wildman–Crippen LogP) is 5.43. The number of aliphatic hydroxyl groups is 1. The predicted molar refractivity (Wildman–Crippen MR) is 122 cm³/mol. The lowest BCUT2D eigenvalue weighted by atomic mass is 10.0. The van der Waals surface area contributed by atoms with Crippen LogP contribution in [0.5, 0.6) is 5.75 Å². The zero-order chi connectivity index (χ0) is 22.9. The smallest absolute Gasteiger partial charge is 0.338 e. The molecule has 168 valence electrons. The molecule has 2 aromatic carbocycles. The second-order valence-corrected chi connectivity index (χ2v) is 7.87. The standard InChI is InChI=1S/C24H23BrFNO5/c1-30-24(29)21-13-20(9-6-16(21)4-2-3-11-28)31-14-19-15-32-23(27-19)10-7-17-5-8-18(25)12-22(17)26/h5-10,12-13,15,28H,2-4,11,14H2,1H3/b10-7+. The van der Waals surface area contributed by atoms with Crippen molar-refractivity contribution in [2.75, 3.05) is 13.7 Å². The summed E-state index contributed by atoms with van der Waals surface area (Å²) in [6.07, 6.45) is 6.70. The molecule has 1 aromatic heterocycles. The third-order valence-electron chi connectivity index (χ3n) is 4.67. The van der Waals surface area contributed by atoms with E-state index in [0.717, 1.165) is 12.0 Å². The minimum absolute atomic E-state index is 0.113. The van der Waals surface area contributed by atoms with Gasteiger partial charge in [0.2, 0.25) is 5.89 Å². The topological polar surface area (TPSA) is 81.8 Å². The molecule has 0 aliphatic rings. The lowest BCUT2D eigenvalue weighted by Gasteiger charge is -2.11. The van der Waals surface area contributed by atoms with Gasteiger partial charge in [-0.15, -0.1) is 0 Å². The van der Waals surface area contributed by atoms with Crippen molar-refractivity contribution in [3.8, 4) is 5.75 Å². The summed E-state index contributed by atoms with van der Waals surface area (Å²) in [4.78, 5) is 16.4. The van der Waals surface area contributed by atoms with Crippen molar-refractivity contribution in [1.29, 1.82) is 0 Å². The molecule has 32 heavy (non-hydrogen) atoms. The number of carbonyl (C=O) groups excluding carboxylic acids is 1. The molecule has 0 saturated heterocycles. The first kappa shape index (κ1) is 23.7. The van der Waals surface area contributed by atoms with Crippen molar-refractivity contribution in [2.45, 2.75) is 25.9 Å². The van der Waals surface area contributed by atoms with Gasteiger partial charge < -0.3 is 19.0 Å². The van der Waals surface area contributed by atoms with Crippen LogP contribution in [0.15, 0.2) is 51.6 Å². The van der Waals surface area contributed by atoms with Crippen LogP contribution in [0.1, 0.15) is 45.9 Å². The number of oxazole rings is 1. The highest BCUT2D eigenvalue weighted by Crippen LogP contribution is 2.22. The van der Waals surface area contributed by atoms with Crippen molar-refractivity contribution in [3.63, 3.8) is 0 Å². The fourth-order valence-corrected chi connectivity index (χ4v) is 3.34. The number of halogens is 2. The van der Waals surface area contributed by atoms with Crippen molar-refractivity contribution in [2.24, 2.45) is 0 Å². The van der Waals surface area contributed by atoms with E-state index in [1.807, 2.05) is 6.07 Å². The van der Waals surface area contributed by atoms with E-state index >= 15 is 0 Å². The number of rotatable bonds is 10. The third kappa shape index (κ3) is 6.51. The number of benzene rings is 2. The number of methoxy groups -OCH3 is 1. The molecule has 6 nitrogen and oxygen atoms in total. The Morgan fingerprint density at radius 2 is 2.06 bits per heavy atom. The molecule has 0 fully saturated rings. The van der Waals surface area contributed by atoms with Gasteiger partial charge in [0.05, 0.1) is 12.7 Å². The van der Waals surface area contributed by atoms with E-state index in [-0.39, 0.29) is 19.0 Å². The van der Waals surface area contributed by atoms with E-state index in [2.05, 4.69) is 20.9 Å². The maximum atomic E-state index is 13.9. The van der Waals surface area contributed by atoms with E-state index in [1.54, 1.807) is 36.4 Å². The fourth-order valence-electron chi connectivity index (χ4n) is 3.01. The molecular weight excluding hydrogens is 481 g/mol. The van der Waals surface area contributed by atoms with Crippen LogP contribution in [0.2, 0.25) is 0 Å². The number of esters is 1. The molecule has 3 rings (SSSR count). The molecule has 0 saturated carbocycles. The van der Waals surface area contributed by atoms with Gasteiger partial charge in [-0.1, -0.05) is 28.1 Å². The van der Waals surface area contributed by atoms with E-state index in [9.17, 15) is 9.18 Å². The van der Waals surface area contributed by atoms with Crippen LogP contribution in [0, 0.1) is 5.82 Å². The molecule has 1 N–H and O–H groups in total. The van der Waals surface area contributed by atoms with Crippen molar-refractivity contribution >= 4 is 34.1 Å². The SMILES string of the molecule is COC(=O)c1cc(OCc2coc(/C=C/c3ccc(Br)cc3F)n2)ccc1CCCCO. The quantitative estimate of drug-likeness (QED) is 0.293. The average molecular weight is 504 g/mol. The van der Waals surface area contributed by atoms with Gasteiger partial charge in [0, 0.05) is 22.7 Å². The number of hydrogen-bond donors (Lipinski definition) is 1. The molecule has 1 heterocycles. The maximum Gasteiger partial charge on any atom is 0.338 e. The Balaban J connectivity index is 1.64. The molecular formula is C24H23BrFNO5. The van der Waals surface area contributed by atoms with Crippen molar-refractivity contribution < 1.29 is 28.2 Å². The highest BCUT2D eigenvalue weighted by Gasteiger charge is 2.14. The highest BCUT2D eigenvalue weighted by atomic mass is 79.9. The number of nitrogens with zero attached hydrogens (tertiary/aromatic N) is 1. The summed E-state index contributed by atoms with van der Waals surface area (Å²) < 4.78 is 30.6. The van der Waals surface area contributed by atoms with E-state index in [0.29, 0.717) is 45.8 Å². The molecule has 0 bridgehead atoms. The summed E-state index contributed by atoms with van der Waals surface area (Å²) in [7, 11) is 1.33. The Kier molecular flexibility index (Phi) is 8.58. The first-order valence-electron chi connectivity index (χ1n) is 10.0. The van der Waals surface area contributed by atoms with Crippen molar-refractivity contribution in [3.05, 3.63) is 81.2 Å². The second kappa shape index (κ2) is 11.6. The number of ether oxygens (including phenoxy) is 2. The van der Waals surface area contributed by atoms with Gasteiger partial charge in [-0.05, 0) is 55.2 Å². The van der Waals surface area contributed by atoms with Gasteiger partial charge >= 0.3 is 5.97 Å². The van der Waals surface area contributed by atoms with Gasteiger partial charge in [0.25, 0.3) is 0 Å². The molecule has 0 radical (unpaired) electrons. The molecule has 3 aromatic rings. The number of aryl methyl sites for hydroxylation is 1. The van der Waals surface area contributed by atoms with Crippen molar-refractivity contribution in [1.82, 2.24) is 4.98 Å². The lowest BCUT2D eigenvalue weighted by Crippen LogP contribution is -2.07. The number of unbranched alkanes of at least 4 members (excludes halogenated alkanes) is 1. The fraction of sp³-hybridized carbons (Fsp3) is 0.250. The largest absolute Gasteiger partial charge is 0.487 e. The minimum Gasteiger partial charge on any atom is -0.487 e.